The summed E-state index contributed by atoms with van der Waals surface area (Å²) >= 11 is 1.96. The van der Waals surface area contributed by atoms with E-state index in [-0.39, 0.29) is 0 Å². The van der Waals surface area contributed by atoms with Gasteiger partial charge in [0.25, 0.3) is 0 Å². The van der Waals surface area contributed by atoms with Crippen molar-refractivity contribution < 1.29 is 0 Å². The molecule has 3 atom stereocenters. The molecule has 1 aromatic heterocycles. The Morgan fingerprint density at radius 1 is 1.30 bits per heavy atom. The van der Waals surface area contributed by atoms with Gasteiger partial charge in [-0.3, -0.25) is 0 Å². The number of nitrogens with one attached hydrogen (secondary N) is 1. The first kappa shape index (κ1) is 13.3. The second-order valence-corrected chi connectivity index (χ2v) is 9.12. The van der Waals surface area contributed by atoms with E-state index in [1.807, 2.05) is 11.3 Å². The first-order chi connectivity index (χ1) is 9.62. The third-order valence-electron chi connectivity index (χ3n) is 6.25. The average Bonchev–Trinajstić information content (AvgIpc) is 2.86. The first-order valence-corrected chi connectivity index (χ1v) is 9.27. The van der Waals surface area contributed by atoms with Crippen molar-refractivity contribution in [2.24, 2.45) is 22.7 Å². The lowest BCUT2D eigenvalue weighted by molar-refractivity contribution is -0.118. The molecule has 20 heavy (non-hydrogen) atoms. The molecule has 1 nitrogen and oxygen atoms in total. The van der Waals surface area contributed by atoms with Gasteiger partial charge in [0.1, 0.15) is 0 Å². The van der Waals surface area contributed by atoms with Crippen LogP contribution in [0.3, 0.4) is 0 Å². The summed E-state index contributed by atoms with van der Waals surface area (Å²) in [6, 6.07) is 5.20. The fourth-order valence-corrected chi connectivity index (χ4v) is 7.36. The van der Waals surface area contributed by atoms with Crippen LogP contribution in [0.2, 0.25) is 0 Å². The van der Waals surface area contributed by atoms with E-state index in [0.29, 0.717) is 16.9 Å². The third-order valence-corrected chi connectivity index (χ3v) is 7.18. The monoisotopic (exact) mass is 289 g/mol. The number of thiophene rings is 1. The van der Waals surface area contributed by atoms with E-state index in [1.165, 1.54) is 38.5 Å². The maximum absolute atomic E-state index is 3.87. The van der Waals surface area contributed by atoms with Gasteiger partial charge in [-0.15, -0.1) is 11.3 Å². The van der Waals surface area contributed by atoms with Crippen molar-refractivity contribution in [1.82, 2.24) is 5.32 Å². The van der Waals surface area contributed by atoms with Gasteiger partial charge in [-0.1, -0.05) is 19.9 Å². The minimum Gasteiger partial charge on any atom is -0.309 e. The second-order valence-electron chi connectivity index (χ2n) is 8.14. The molecule has 1 N–H and O–H groups in total. The molecule has 0 aromatic carbocycles. The molecule has 0 radical (unpaired) electrons. The Balaban J connectivity index is 1.71. The quantitative estimate of drug-likeness (QED) is 0.822. The van der Waals surface area contributed by atoms with Crippen LogP contribution in [-0.4, -0.2) is 6.54 Å². The van der Waals surface area contributed by atoms with Gasteiger partial charge < -0.3 is 5.32 Å². The molecule has 2 heteroatoms. The summed E-state index contributed by atoms with van der Waals surface area (Å²) in [6.45, 7) is 5.94. The molecule has 4 saturated carbocycles. The third kappa shape index (κ3) is 1.99. The molecule has 4 aliphatic rings. The van der Waals surface area contributed by atoms with E-state index in [9.17, 15) is 0 Å². The molecule has 3 unspecified atom stereocenters. The topological polar surface area (TPSA) is 12.0 Å². The standard InChI is InChI=1S/C18H27NS/c1-3-19-16(15-5-4-6-20-15)18-10-13-7-14(11-18)9-17(2,8-13)12-18/h4-6,13-14,16,19H,3,7-12H2,1-2H3. The SMILES string of the molecule is CCNC(c1cccs1)C12CC3CC(CC(C)(C3)C1)C2. The smallest absolute Gasteiger partial charge is 0.0472 e. The van der Waals surface area contributed by atoms with Crippen LogP contribution in [0.1, 0.15) is 63.3 Å². The van der Waals surface area contributed by atoms with Crippen LogP contribution in [-0.2, 0) is 0 Å². The van der Waals surface area contributed by atoms with Crippen molar-refractivity contribution in [3.8, 4) is 0 Å². The number of hydrogen-bond acceptors (Lipinski definition) is 2. The zero-order valence-electron chi connectivity index (χ0n) is 12.8. The fraction of sp³-hybridized carbons (Fsp3) is 0.778. The fourth-order valence-electron chi connectivity index (χ4n) is 6.41. The molecule has 110 valence electrons. The Morgan fingerprint density at radius 3 is 2.60 bits per heavy atom. The van der Waals surface area contributed by atoms with Crippen LogP contribution in [0.15, 0.2) is 17.5 Å². The molecule has 1 heterocycles. The first-order valence-electron chi connectivity index (χ1n) is 8.39. The van der Waals surface area contributed by atoms with Gasteiger partial charge in [0.2, 0.25) is 0 Å². The maximum atomic E-state index is 3.87. The number of hydrogen-bond donors (Lipinski definition) is 1. The highest BCUT2D eigenvalue weighted by molar-refractivity contribution is 7.10. The Labute approximate surface area is 127 Å². The molecular weight excluding hydrogens is 262 g/mol. The summed E-state index contributed by atoms with van der Waals surface area (Å²) < 4.78 is 0. The summed E-state index contributed by atoms with van der Waals surface area (Å²) in [5.41, 5.74) is 1.20. The summed E-state index contributed by atoms with van der Waals surface area (Å²) in [5, 5.41) is 6.12. The van der Waals surface area contributed by atoms with Crippen molar-refractivity contribution in [3.05, 3.63) is 22.4 Å². The van der Waals surface area contributed by atoms with Crippen LogP contribution >= 0.6 is 11.3 Å². The summed E-state index contributed by atoms with van der Waals surface area (Å²) in [7, 11) is 0. The molecule has 0 amide bonds. The molecule has 0 saturated heterocycles. The van der Waals surface area contributed by atoms with E-state index in [4.69, 9.17) is 0 Å². The van der Waals surface area contributed by atoms with Gasteiger partial charge in [-0.2, -0.15) is 0 Å². The summed E-state index contributed by atoms with van der Waals surface area (Å²) in [4.78, 5) is 1.58. The van der Waals surface area contributed by atoms with Crippen LogP contribution < -0.4 is 5.32 Å². The molecule has 5 rings (SSSR count). The lowest BCUT2D eigenvalue weighted by Gasteiger charge is -2.63. The number of rotatable bonds is 4. The van der Waals surface area contributed by atoms with Crippen molar-refractivity contribution in [3.63, 3.8) is 0 Å². The normalized spacial score (nSPS) is 43.9. The highest BCUT2D eigenvalue weighted by atomic mass is 32.1. The van der Waals surface area contributed by atoms with Gasteiger partial charge in [0.15, 0.2) is 0 Å². The molecule has 0 spiro atoms. The Morgan fingerprint density at radius 2 is 2.05 bits per heavy atom. The van der Waals surface area contributed by atoms with Crippen molar-refractivity contribution in [2.75, 3.05) is 6.54 Å². The minimum atomic E-state index is 0.555. The van der Waals surface area contributed by atoms with Gasteiger partial charge in [0, 0.05) is 10.9 Å². The zero-order valence-corrected chi connectivity index (χ0v) is 13.6. The molecule has 4 bridgehead atoms. The van der Waals surface area contributed by atoms with Crippen LogP contribution in [0.5, 0.6) is 0 Å². The Hall–Kier alpha value is -0.340. The van der Waals surface area contributed by atoms with Crippen molar-refractivity contribution >= 4 is 11.3 Å². The highest BCUT2D eigenvalue weighted by Gasteiger charge is 2.58. The van der Waals surface area contributed by atoms with E-state index in [1.54, 1.807) is 4.88 Å². The zero-order chi connectivity index (χ0) is 13.8. The van der Waals surface area contributed by atoms with E-state index in [0.717, 1.165) is 18.4 Å². The predicted molar refractivity (Wildman–Crippen MR) is 86.0 cm³/mol. The average molecular weight is 289 g/mol. The molecule has 1 aromatic rings. The van der Waals surface area contributed by atoms with Gasteiger partial charge in [-0.05, 0) is 79.2 Å². The lowest BCUT2D eigenvalue weighted by atomic mass is 9.43. The molecule has 4 aliphatic carbocycles. The van der Waals surface area contributed by atoms with E-state index >= 15 is 0 Å². The van der Waals surface area contributed by atoms with Crippen LogP contribution in [0.25, 0.3) is 0 Å². The summed E-state index contributed by atoms with van der Waals surface area (Å²) in [6.07, 6.45) is 8.97. The van der Waals surface area contributed by atoms with E-state index in [2.05, 4.69) is 36.7 Å². The maximum Gasteiger partial charge on any atom is 0.0472 e. The minimum absolute atomic E-state index is 0.555. The van der Waals surface area contributed by atoms with Crippen LogP contribution in [0.4, 0.5) is 0 Å². The lowest BCUT2D eigenvalue weighted by Crippen LogP contribution is -2.55. The largest absolute Gasteiger partial charge is 0.309 e. The summed E-state index contributed by atoms with van der Waals surface area (Å²) in [5.74, 6) is 2.03. The van der Waals surface area contributed by atoms with Crippen molar-refractivity contribution in [1.29, 1.82) is 0 Å². The van der Waals surface area contributed by atoms with Gasteiger partial charge in [0.05, 0.1) is 0 Å². The van der Waals surface area contributed by atoms with Crippen LogP contribution in [0, 0.1) is 22.7 Å². The van der Waals surface area contributed by atoms with Gasteiger partial charge in [-0.25, -0.2) is 0 Å². The molecule has 0 aliphatic heterocycles. The van der Waals surface area contributed by atoms with Crippen molar-refractivity contribution in [2.45, 2.75) is 58.4 Å². The molecular formula is C18H27NS. The second kappa shape index (κ2) is 4.58. The predicted octanol–water partition coefficient (Wildman–Crippen LogP) is 5.01. The Bertz CT molecular complexity index is 464. The highest BCUT2D eigenvalue weighted by Crippen LogP contribution is 2.68. The van der Waals surface area contributed by atoms with E-state index < -0.39 is 0 Å². The Kier molecular flexibility index (Phi) is 3.05. The van der Waals surface area contributed by atoms with Gasteiger partial charge >= 0.3 is 0 Å². The molecule has 4 fully saturated rings.